The van der Waals surface area contributed by atoms with E-state index in [4.69, 9.17) is 5.73 Å². The molecule has 4 aliphatic carbocycles. The van der Waals surface area contributed by atoms with E-state index in [-0.39, 0.29) is 0 Å². The fraction of sp³-hybridized carbons (Fsp3) is 0.778. The molecule has 4 rings (SSSR count). The van der Waals surface area contributed by atoms with Crippen LogP contribution in [0.15, 0.2) is 23.8 Å². The molecule has 2 heteroatoms. The van der Waals surface area contributed by atoms with Crippen LogP contribution >= 0.6 is 0 Å². The van der Waals surface area contributed by atoms with Gasteiger partial charge in [-0.2, -0.15) is 0 Å². The van der Waals surface area contributed by atoms with Gasteiger partial charge in [0.2, 0.25) is 0 Å². The van der Waals surface area contributed by atoms with Gasteiger partial charge in [0.05, 0.1) is 0 Å². The lowest BCUT2D eigenvalue weighted by molar-refractivity contribution is 0.0154. The van der Waals surface area contributed by atoms with E-state index in [9.17, 15) is 5.11 Å². The molecule has 0 bridgehead atoms. The van der Waals surface area contributed by atoms with E-state index in [1.165, 1.54) is 44.1 Å². The Morgan fingerprint density at radius 1 is 1.25 bits per heavy atom. The molecule has 2 nitrogen and oxygen atoms in total. The molecule has 110 valence electrons. The van der Waals surface area contributed by atoms with E-state index in [0.717, 1.165) is 17.8 Å². The molecular formula is C18H27NO. The largest absolute Gasteiger partial charge is 0.372 e. The summed E-state index contributed by atoms with van der Waals surface area (Å²) in [6, 6.07) is 0. The van der Waals surface area contributed by atoms with Gasteiger partial charge in [-0.3, -0.25) is 0 Å². The smallest absolute Gasteiger partial charge is 0.136 e. The van der Waals surface area contributed by atoms with Crippen molar-refractivity contribution in [2.75, 3.05) is 0 Å². The molecule has 0 amide bonds. The van der Waals surface area contributed by atoms with Crippen molar-refractivity contribution in [3.63, 3.8) is 0 Å². The Hall–Kier alpha value is -0.600. The average Bonchev–Trinajstić information content (AvgIpc) is 2.78. The third-order valence-corrected chi connectivity index (χ3v) is 6.89. The molecule has 0 aromatic carbocycles. The molecular weight excluding hydrogens is 246 g/mol. The highest BCUT2D eigenvalue weighted by molar-refractivity contribution is 5.29. The van der Waals surface area contributed by atoms with Crippen LogP contribution in [-0.2, 0) is 0 Å². The van der Waals surface area contributed by atoms with Crippen LogP contribution in [0.5, 0.6) is 0 Å². The van der Waals surface area contributed by atoms with Crippen LogP contribution in [0.4, 0.5) is 0 Å². The van der Waals surface area contributed by atoms with Gasteiger partial charge in [-0.1, -0.05) is 31.1 Å². The fourth-order valence-electron chi connectivity index (χ4n) is 5.91. The van der Waals surface area contributed by atoms with E-state index in [1.54, 1.807) is 0 Å². The highest BCUT2D eigenvalue weighted by Gasteiger charge is 2.51. The molecule has 3 N–H and O–H groups in total. The minimum Gasteiger partial charge on any atom is -0.372 e. The lowest BCUT2D eigenvalue weighted by Gasteiger charge is -2.51. The molecule has 2 fully saturated rings. The van der Waals surface area contributed by atoms with Crippen LogP contribution in [-0.4, -0.2) is 10.8 Å². The van der Waals surface area contributed by atoms with Crippen LogP contribution < -0.4 is 5.73 Å². The Morgan fingerprint density at radius 3 is 2.95 bits per heavy atom. The summed E-state index contributed by atoms with van der Waals surface area (Å²) in [6.07, 6.45) is 15.4. The average molecular weight is 273 g/mol. The molecule has 0 saturated heterocycles. The van der Waals surface area contributed by atoms with Crippen molar-refractivity contribution in [1.82, 2.24) is 0 Å². The van der Waals surface area contributed by atoms with Crippen molar-refractivity contribution in [3.8, 4) is 0 Å². The summed E-state index contributed by atoms with van der Waals surface area (Å²) in [4.78, 5) is 0. The minimum atomic E-state index is -1.11. The summed E-state index contributed by atoms with van der Waals surface area (Å²) in [6.45, 7) is 2.54. The third-order valence-electron chi connectivity index (χ3n) is 6.89. The van der Waals surface area contributed by atoms with Crippen molar-refractivity contribution in [2.45, 2.75) is 57.6 Å². The summed E-state index contributed by atoms with van der Waals surface area (Å²) in [5.74, 6) is 3.17. The van der Waals surface area contributed by atoms with Crippen LogP contribution in [0, 0.1) is 29.1 Å². The third kappa shape index (κ3) is 1.84. The zero-order chi connectivity index (χ0) is 14.0. The van der Waals surface area contributed by atoms with Crippen LogP contribution in [0.2, 0.25) is 0 Å². The quantitative estimate of drug-likeness (QED) is 0.525. The lowest BCUT2D eigenvalue weighted by Crippen LogP contribution is -2.47. The van der Waals surface area contributed by atoms with Gasteiger partial charge in [0.15, 0.2) is 0 Å². The number of allylic oxidation sites excluding steroid dienone is 2. The lowest BCUT2D eigenvalue weighted by atomic mass is 9.54. The van der Waals surface area contributed by atoms with Gasteiger partial charge in [-0.25, -0.2) is 0 Å². The molecule has 0 heterocycles. The predicted octanol–water partition coefficient (Wildman–Crippen LogP) is 3.37. The van der Waals surface area contributed by atoms with Crippen molar-refractivity contribution in [3.05, 3.63) is 23.8 Å². The second-order valence-corrected chi connectivity index (χ2v) is 8.09. The number of aliphatic hydroxyl groups is 1. The Labute approximate surface area is 122 Å². The first-order valence-corrected chi connectivity index (χ1v) is 8.38. The van der Waals surface area contributed by atoms with Gasteiger partial charge < -0.3 is 10.8 Å². The van der Waals surface area contributed by atoms with Crippen molar-refractivity contribution in [1.29, 1.82) is 0 Å². The molecule has 0 spiro atoms. The Bertz CT molecular complexity index is 478. The number of rotatable bonds is 0. The molecule has 0 aliphatic heterocycles. The van der Waals surface area contributed by atoms with Gasteiger partial charge in [0.1, 0.15) is 5.72 Å². The normalized spacial score (nSPS) is 53.9. The molecule has 0 aromatic rings. The highest BCUT2D eigenvalue weighted by atomic mass is 16.3. The maximum Gasteiger partial charge on any atom is 0.136 e. The molecule has 4 aliphatic rings. The highest BCUT2D eigenvalue weighted by Crippen LogP contribution is 2.60. The molecule has 1 unspecified atom stereocenters. The van der Waals surface area contributed by atoms with Crippen molar-refractivity contribution < 1.29 is 5.11 Å². The number of nitrogens with two attached hydrogens (primary N) is 1. The van der Waals surface area contributed by atoms with Gasteiger partial charge in [-0.15, -0.1) is 0 Å². The first-order chi connectivity index (χ1) is 9.49. The van der Waals surface area contributed by atoms with Gasteiger partial charge in [-0.05, 0) is 61.3 Å². The Kier molecular flexibility index (Phi) is 2.75. The first-order valence-electron chi connectivity index (χ1n) is 8.38. The SMILES string of the molecule is C[C@@]12CCC[C@H]1[C@@H]1CC=C3CC(N)(O)C=C[C@@H]3[C@H]1CC2. The van der Waals surface area contributed by atoms with E-state index >= 15 is 0 Å². The molecule has 0 radical (unpaired) electrons. The molecule has 6 atom stereocenters. The van der Waals surface area contributed by atoms with E-state index in [0.29, 0.717) is 17.8 Å². The Balaban J connectivity index is 1.65. The van der Waals surface area contributed by atoms with Crippen molar-refractivity contribution >= 4 is 0 Å². The first kappa shape index (κ1) is 13.1. The van der Waals surface area contributed by atoms with E-state index in [1.807, 2.05) is 6.08 Å². The standard InChI is InChI=1S/C18H27NO/c1-17-8-2-3-16(17)15-5-4-12-11-18(19,20)10-7-13(12)14(15)6-9-17/h4,7,10,13-16,20H,2-3,5-6,8-9,11,19H2,1H3/t13-,14+,15+,16-,17-,18?/m0/s1. The zero-order valence-electron chi connectivity index (χ0n) is 12.5. The molecule has 20 heavy (non-hydrogen) atoms. The molecule has 0 aromatic heterocycles. The Morgan fingerprint density at radius 2 is 2.10 bits per heavy atom. The van der Waals surface area contributed by atoms with Gasteiger partial charge >= 0.3 is 0 Å². The summed E-state index contributed by atoms with van der Waals surface area (Å²) < 4.78 is 0. The van der Waals surface area contributed by atoms with Crippen LogP contribution in [0.25, 0.3) is 0 Å². The van der Waals surface area contributed by atoms with E-state index < -0.39 is 5.72 Å². The predicted molar refractivity (Wildman–Crippen MR) is 80.7 cm³/mol. The summed E-state index contributed by atoms with van der Waals surface area (Å²) >= 11 is 0. The van der Waals surface area contributed by atoms with E-state index in [2.05, 4.69) is 19.1 Å². The number of hydrogen-bond donors (Lipinski definition) is 2. The fourth-order valence-corrected chi connectivity index (χ4v) is 5.91. The topological polar surface area (TPSA) is 46.2 Å². The van der Waals surface area contributed by atoms with Gasteiger partial charge in [0.25, 0.3) is 0 Å². The number of fused-ring (bicyclic) bond motifs is 5. The summed E-state index contributed by atoms with van der Waals surface area (Å²) in [5, 5.41) is 10.1. The molecule has 2 saturated carbocycles. The van der Waals surface area contributed by atoms with Crippen LogP contribution in [0.3, 0.4) is 0 Å². The second-order valence-electron chi connectivity index (χ2n) is 8.09. The van der Waals surface area contributed by atoms with Crippen molar-refractivity contribution in [2.24, 2.45) is 34.8 Å². The zero-order valence-corrected chi connectivity index (χ0v) is 12.5. The maximum atomic E-state index is 10.1. The summed E-state index contributed by atoms with van der Waals surface area (Å²) in [5.41, 5.74) is 6.81. The minimum absolute atomic E-state index is 0.558. The second kappa shape index (κ2) is 4.20. The van der Waals surface area contributed by atoms with Gasteiger partial charge in [0, 0.05) is 12.3 Å². The monoisotopic (exact) mass is 273 g/mol. The summed E-state index contributed by atoms with van der Waals surface area (Å²) in [7, 11) is 0. The van der Waals surface area contributed by atoms with Crippen LogP contribution in [0.1, 0.15) is 51.9 Å². The maximum absolute atomic E-state index is 10.1. The number of hydrogen-bond acceptors (Lipinski definition) is 2.